The van der Waals surface area contributed by atoms with Gasteiger partial charge in [0.25, 0.3) is 0 Å². The van der Waals surface area contributed by atoms with Gasteiger partial charge in [0.1, 0.15) is 5.84 Å². The zero-order valence-electron chi connectivity index (χ0n) is 18.8. The summed E-state index contributed by atoms with van der Waals surface area (Å²) >= 11 is 0. The second-order valence-electron chi connectivity index (χ2n) is 10.1. The summed E-state index contributed by atoms with van der Waals surface area (Å²) in [5.74, 6) is 2.98. The molecular formula is C26H38N4. The number of piperidine rings is 1. The fourth-order valence-corrected chi connectivity index (χ4v) is 6.13. The summed E-state index contributed by atoms with van der Waals surface area (Å²) in [5, 5.41) is 4.85. The molecule has 3 aliphatic rings. The quantitative estimate of drug-likeness (QED) is 0.755. The fourth-order valence-electron chi connectivity index (χ4n) is 6.13. The summed E-state index contributed by atoms with van der Waals surface area (Å²) in [7, 11) is 0. The number of fused-ring (bicyclic) bond motifs is 1. The normalized spacial score (nSPS) is 26.3. The van der Waals surface area contributed by atoms with Crippen LogP contribution in [0.4, 0.5) is 0 Å². The molecule has 1 saturated heterocycles. The highest BCUT2D eigenvalue weighted by Gasteiger charge is 2.30. The lowest BCUT2D eigenvalue weighted by Gasteiger charge is -2.42. The Morgan fingerprint density at radius 1 is 1.00 bits per heavy atom. The van der Waals surface area contributed by atoms with Crippen molar-refractivity contribution in [1.29, 1.82) is 0 Å². The maximum absolute atomic E-state index is 4.63. The Morgan fingerprint density at radius 2 is 1.77 bits per heavy atom. The number of rotatable bonds is 5. The minimum Gasteiger partial charge on any atom is -0.372 e. The number of hydrogen-bond donors (Lipinski definition) is 1. The first-order valence-electron chi connectivity index (χ1n) is 12.3. The summed E-state index contributed by atoms with van der Waals surface area (Å²) in [4.78, 5) is 7.44. The zero-order chi connectivity index (χ0) is 20.5. The van der Waals surface area contributed by atoms with Gasteiger partial charge in [-0.05, 0) is 62.0 Å². The minimum absolute atomic E-state index is 0.630. The molecule has 0 atom stereocenters. The van der Waals surface area contributed by atoms with Crippen LogP contribution < -0.4 is 5.32 Å². The molecule has 4 heteroatoms. The van der Waals surface area contributed by atoms with E-state index >= 15 is 0 Å². The van der Waals surface area contributed by atoms with Gasteiger partial charge < -0.3 is 14.8 Å². The molecule has 0 spiro atoms. The van der Waals surface area contributed by atoms with Gasteiger partial charge in [0, 0.05) is 55.2 Å². The minimum atomic E-state index is 0.630. The van der Waals surface area contributed by atoms with Crippen molar-refractivity contribution in [1.82, 2.24) is 14.8 Å². The van der Waals surface area contributed by atoms with Crippen LogP contribution in [0, 0.1) is 11.8 Å². The Hall–Kier alpha value is -1.81. The predicted octanol–water partition coefficient (Wildman–Crippen LogP) is 5.04. The third-order valence-electron chi connectivity index (χ3n) is 8.02. The Morgan fingerprint density at radius 3 is 2.47 bits per heavy atom. The lowest BCUT2D eigenvalue weighted by molar-refractivity contribution is 0.0894. The number of aliphatic imine (C=N–C) groups is 1. The van der Waals surface area contributed by atoms with Crippen molar-refractivity contribution >= 4 is 16.7 Å². The number of nitrogens with one attached hydrogen (secondary N) is 1. The largest absolute Gasteiger partial charge is 0.372 e. The van der Waals surface area contributed by atoms with Crippen molar-refractivity contribution in [2.75, 3.05) is 26.2 Å². The van der Waals surface area contributed by atoms with E-state index in [1.165, 1.54) is 68.1 Å². The first-order valence-corrected chi connectivity index (χ1v) is 12.3. The van der Waals surface area contributed by atoms with Crippen LogP contribution in [0.15, 0.2) is 35.5 Å². The molecule has 30 heavy (non-hydrogen) atoms. The number of hydrogen-bond acceptors (Lipinski definition) is 3. The number of aromatic nitrogens is 1. The Kier molecular flexibility index (Phi) is 5.86. The molecule has 0 amide bonds. The second kappa shape index (κ2) is 8.74. The van der Waals surface area contributed by atoms with E-state index < -0.39 is 0 Å². The molecule has 1 N–H and O–H groups in total. The van der Waals surface area contributed by atoms with Crippen LogP contribution in [0.25, 0.3) is 10.9 Å². The molecular weight excluding hydrogens is 368 g/mol. The first kappa shape index (κ1) is 20.1. The first-order chi connectivity index (χ1) is 14.7. The summed E-state index contributed by atoms with van der Waals surface area (Å²) in [5.41, 5.74) is 2.83. The van der Waals surface area contributed by atoms with Gasteiger partial charge in [0.05, 0.1) is 6.54 Å². The number of para-hydroxylation sites is 1. The molecule has 2 fully saturated rings. The molecule has 2 aliphatic heterocycles. The Labute approximate surface area is 181 Å². The number of benzene rings is 1. The second-order valence-corrected chi connectivity index (χ2v) is 10.1. The van der Waals surface area contributed by atoms with Gasteiger partial charge in [0.2, 0.25) is 0 Å². The molecule has 3 heterocycles. The van der Waals surface area contributed by atoms with Crippen LogP contribution >= 0.6 is 0 Å². The average molecular weight is 407 g/mol. The SMILES string of the molecule is CC(C)[C@H]1CC[C@@H](N2CCC(n3cc(CC4=NCCN4)c4ccccc43)CC2)CC1. The van der Waals surface area contributed by atoms with Gasteiger partial charge in [-0.2, -0.15) is 0 Å². The number of amidine groups is 1. The Bertz CT molecular complexity index is 880. The van der Waals surface area contributed by atoms with Crippen molar-refractivity contribution < 1.29 is 0 Å². The molecule has 1 aromatic heterocycles. The van der Waals surface area contributed by atoms with Crippen LogP contribution in [0.3, 0.4) is 0 Å². The van der Waals surface area contributed by atoms with Crippen molar-refractivity contribution in [2.45, 2.75) is 70.9 Å². The molecule has 1 aliphatic carbocycles. The maximum Gasteiger partial charge on any atom is 0.101 e. The van der Waals surface area contributed by atoms with Gasteiger partial charge in [-0.3, -0.25) is 4.99 Å². The van der Waals surface area contributed by atoms with Crippen molar-refractivity contribution in [3.8, 4) is 0 Å². The van der Waals surface area contributed by atoms with E-state index in [0.717, 1.165) is 43.2 Å². The number of likely N-dealkylation sites (tertiary alicyclic amines) is 1. The highest BCUT2D eigenvalue weighted by molar-refractivity contribution is 5.92. The zero-order valence-corrected chi connectivity index (χ0v) is 18.8. The lowest BCUT2D eigenvalue weighted by Crippen LogP contribution is -2.43. The van der Waals surface area contributed by atoms with Crippen LogP contribution in [0.1, 0.15) is 64.0 Å². The van der Waals surface area contributed by atoms with Gasteiger partial charge in [-0.15, -0.1) is 0 Å². The molecule has 0 radical (unpaired) electrons. The van der Waals surface area contributed by atoms with E-state index in [1.54, 1.807) is 0 Å². The molecule has 0 unspecified atom stereocenters. The van der Waals surface area contributed by atoms with Crippen LogP contribution in [-0.4, -0.2) is 47.5 Å². The van der Waals surface area contributed by atoms with Gasteiger partial charge in [-0.1, -0.05) is 32.0 Å². The Balaban J connectivity index is 1.26. The standard InChI is InChI=1S/C26H38N4/c1-19(2)20-7-9-22(10-8-20)29-15-11-23(12-16-29)30-18-21(17-26-27-13-14-28-26)24-5-3-4-6-25(24)30/h3-6,18-20,22-23H,7-17H2,1-2H3,(H,27,28)/t20-,22+. The third-order valence-corrected chi connectivity index (χ3v) is 8.02. The van der Waals surface area contributed by atoms with Crippen LogP contribution in [-0.2, 0) is 6.42 Å². The van der Waals surface area contributed by atoms with E-state index in [9.17, 15) is 0 Å². The lowest BCUT2D eigenvalue weighted by atomic mass is 9.79. The highest BCUT2D eigenvalue weighted by Crippen LogP contribution is 2.36. The van der Waals surface area contributed by atoms with E-state index in [0.29, 0.717) is 6.04 Å². The maximum atomic E-state index is 4.63. The van der Waals surface area contributed by atoms with Gasteiger partial charge in [0.15, 0.2) is 0 Å². The molecule has 2 aromatic rings. The third kappa shape index (κ3) is 4.03. The molecule has 162 valence electrons. The monoisotopic (exact) mass is 406 g/mol. The van der Waals surface area contributed by atoms with Crippen molar-refractivity contribution in [2.24, 2.45) is 16.8 Å². The smallest absolute Gasteiger partial charge is 0.101 e. The van der Waals surface area contributed by atoms with Crippen LogP contribution in [0.5, 0.6) is 0 Å². The van der Waals surface area contributed by atoms with Crippen molar-refractivity contribution in [3.63, 3.8) is 0 Å². The molecule has 5 rings (SSSR count). The van der Waals surface area contributed by atoms with E-state index in [1.807, 2.05) is 0 Å². The molecule has 1 aromatic carbocycles. The van der Waals surface area contributed by atoms with E-state index in [-0.39, 0.29) is 0 Å². The van der Waals surface area contributed by atoms with E-state index in [2.05, 4.69) is 64.1 Å². The average Bonchev–Trinajstić information content (AvgIpc) is 3.43. The van der Waals surface area contributed by atoms with Gasteiger partial charge in [-0.25, -0.2) is 0 Å². The van der Waals surface area contributed by atoms with Gasteiger partial charge >= 0.3 is 0 Å². The number of nitrogens with zero attached hydrogens (tertiary/aromatic N) is 3. The summed E-state index contributed by atoms with van der Waals surface area (Å²) in [6.07, 6.45) is 11.6. The molecule has 4 nitrogen and oxygen atoms in total. The van der Waals surface area contributed by atoms with Crippen molar-refractivity contribution in [3.05, 3.63) is 36.0 Å². The highest BCUT2D eigenvalue weighted by atomic mass is 15.2. The van der Waals surface area contributed by atoms with E-state index in [4.69, 9.17) is 0 Å². The topological polar surface area (TPSA) is 32.6 Å². The fraction of sp³-hybridized carbons (Fsp3) is 0.654. The summed E-state index contributed by atoms with van der Waals surface area (Å²) in [6.45, 7) is 9.25. The predicted molar refractivity (Wildman–Crippen MR) is 126 cm³/mol. The van der Waals surface area contributed by atoms with Crippen LogP contribution in [0.2, 0.25) is 0 Å². The summed E-state index contributed by atoms with van der Waals surface area (Å²) < 4.78 is 2.59. The molecule has 1 saturated carbocycles. The summed E-state index contributed by atoms with van der Waals surface area (Å²) in [6, 6.07) is 10.4. The molecule has 0 bridgehead atoms.